The Kier molecular flexibility index (Phi) is 41.7. The van der Waals surface area contributed by atoms with Crippen LogP contribution in [0.3, 0.4) is 0 Å². The van der Waals surface area contributed by atoms with E-state index in [0.717, 1.165) is 38.0 Å². The summed E-state index contributed by atoms with van der Waals surface area (Å²) in [5, 5.41) is 25.1. The number of hydrogen-bond donors (Lipinski definition) is 5. The Bertz CT molecular complexity index is 2130. The number of carbonyl (C=O) groups is 2. The monoisotopic (exact) mass is 1220 g/mol. The number of amides is 1. The van der Waals surface area contributed by atoms with Crippen LogP contribution in [-0.4, -0.2) is 187 Å². The van der Waals surface area contributed by atoms with Gasteiger partial charge in [-0.3, -0.25) is 4.79 Å². The zero-order valence-corrected chi connectivity index (χ0v) is 48.7. The molecule has 1 saturated heterocycles. The molecule has 30 heteroatoms. The molecule has 4 rings (SSSR count). The average molecular weight is 1220 g/mol. The number of aromatic nitrogens is 3. The standard InChI is InChI=1S/C41H68N9O14P2.C7H5F3O.Y/c1-43-41(35(27-42)29-45-48-40-7-6-38(64-40)32-63-65-33-66(53)54)44-28-34-4-2-5-36(26-34)46-39(52)8-12-56-15-18-59-22-23-61-24-25-62-31-37-30-50(49-47-37)9-13-57-16-19-60-21-20-58-17-14-55-11-3-10-51;1-11-7-5(9)2-4(8)3-6(7)10;/h2,4-5,10,26-27,29-30,38,40,53-54,65H,3,6-9,11-25,28,31-33H2,1H3,(H4-,42,43,44,45,46,47,48,49,52);2-3H,1H3;/q-1;;/p-1. The second kappa shape index (κ2) is 46.1. The first-order valence-electron chi connectivity index (χ1n) is 24.6. The van der Waals surface area contributed by atoms with Crippen LogP contribution >= 0.6 is 17.2 Å². The number of anilines is 1. The molecule has 1 aromatic heterocycles. The van der Waals surface area contributed by atoms with Crippen molar-refractivity contribution in [2.45, 2.75) is 57.7 Å². The van der Waals surface area contributed by atoms with Gasteiger partial charge in [-0.25, -0.2) is 23.3 Å². The van der Waals surface area contributed by atoms with Crippen molar-refractivity contribution in [1.29, 1.82) is 0 Å². The molecule has 1 radical (unpaired) electrons. The molecule has 0 spiro atoms. The third-order valence-electron chi connectivity index (χ3n) is 9.94. The van der Waals surface area contributed by atoms with Crippen LogP contribution in [0.5, 0.6) is 5.75 Å². The third-order valence-corrected chi connectivity index (χ3v) is 12.0. The first kappa shape index (κ1) is 70.5. The van der Waals surface area contributed by atoms with E-state index in [0.29, 0.717) is 154 Å². The Balaban J connectivity index is 0.00000154. The van der Waals surface area contributed by atoms with Crippen LogP contribution in [0.1, 0.15) is 36.9 Å². The topological polar surface area (TPSA) is 292 Å². The number of benzene rings is 2. The Morgan fingerprint density at radius 1 is 0.897 bits per heavy atom. The Morgan fingerprint density at radius 2 is 1.51 bits per heavy atom. The predicted octanol–water partition coefficient (Wildman–Crippen LogP) is 4.53. The van der Waals surface area contributed by atoms with Gasteiger partial charge in [0.2, 0.25) is 5.91 Å². The van der Waals surface area contributed by atoms with Crippen molar-refractivity contribution >= 4 is 47.1 Å². The van der Waals surface area contributed by atoms with Crippen LogP contribution in [0.15, 0.2) is 59.4 Å². The molecule has 1 aliphatic heterocycles. The molecule has 2 heterocycles. The van der Waals surface area contributed by atoms with Crippen LogP contribution in [0.25, 0.3) is 10.7 Å². The summed E-state index contributed by atoms with van der Waals surface area (Å²) < 4.78 is 98.5. The van der Waals surface area contributed by atoms with Gasteiger partial charge >= 0.3 is 0 Å². The molecular weight excluding hydrogens is 1150 g/mol. The molecule has 2 aromatic carbocycles. The zero-order valence-electron chi connectivity index (χ0n) is 43.9. The number of rotatable bonds is 43. The van der Waals surface area contributed by atoms with E-state index in [1.54, 1.807) is 17.8 Å². The van der Waals surface area contributed by atoms with Crippen molar-refractivity contribution in [1.82, 2.24) is 25.8 Å². The molecular formula is C48H72F3N9O15P2Y-2. The van der Waals surface area contributed by atoms with Gasteiger partial charge in [0.05, 0.1) is 151 Å². The number of methoxy groups -OCH3 is 1. The number of hydrazine groups is 1. The maximum atomic E-state index is 12.5. The maximum absolute atomic E-state index is 12.5. The second-order valence-electron chi connectivity index (χ2n) is 15.9. The number of likely N-dealkylation sites (N-methyl/N-ethyl adjacent to an activating group) is 1. The van der Waals surface area contributed by atoms with E-state index in [-0.39, 0.29) is 85.2 Å². The molecule has 435 valence electrons. The molecule has 0 bridgehead atoms. The van der Waals surface area contributed by atoms with Gasteiger partial charge in [-0.1, -0.05) is 30.2 Å². The van der Waals surface area contributed by atoms with Gasteiger partial charge in [-0.05, 0) is 42.7 Å². The normalized spacial score (nSPS) is 14.6. The van der Waals surface area contributed by atoms with Crippen molar-refractivity contribution in [2.24, 2.45) is 4.99 Å². The summed E-state index contributed by atoms with van der Waals surface area (Å²) in [6.07, 6.45) is 6.79. The summed E-state index contributed by atoms with van der Waals surface area (Å²) >= 11 is 0. The fourth-order valence-electron chi connectivity index (χ4n) is 6.28. The molecule has 5 N–H and O–H groups in total. The van der Waals surface area contributed by atoms with Crippen LogP contribution in [0, 0.1) is 17.5 Å². The minimum absolute atomic E-state index is 0. The molecule has 0 aliphatic carbocycles. The first-order chi connectivity index (χ1) is 37.5. The Morgan fingerprint density at radius 3 is 2.12 bits per heavy atom. The number of hydrogen-bond acceptors (Lipinski definition) is 20. The minimum Gasteiger partial charge on any atom is -0.810 e. The van der Waals surface area contributed by atoms with Gasteiger partial charge < -0.3 is 92.9 Å². The molecule has 78 heavy (non-hydrogen) atoms. The summed E-state index contributed by atoms with van der Waals surface area (Å²) in [5.41, 5.74) is 8.47. The summed E-state index contributed by atoms with van der Waals surface area (Å²) in [6.45, 7) is 7.73. The maximum Gasteiger partial charge on any atom is 0.226 e. The third kappa shape index (κ3) is 33.9. The van der Waals surface area contributed by atoms with Crippen LogP contribution in [0.2, 0.25) is 0 Å². The zero-order chi connectivity index (χ0) is 55.6. The van der Waals surface area contributed by atoms with Gasteiger partial charge in [0.1, 0.15) is 24.0 Å². The van der Waals surface area contributed by atoms with E-state index in [1.807, 2.05) is 24.4 Å². The van der Waals surface area contributed by atoms with Gasteiger partial charge in [-0.2, -0.15) is 6.21 Å². The number of nitrogens with zero attached hydrogens (tertiary/aromatic N) is 6. The second-order valence-corrected chi connectivity index (χ2v) is 18.4. The molecule has 24 nitrogen and oxygen atoms in total. The van der Waals surface area contributed by atoms with Gasteiger partial charge in [0.25, 0.3) is 0 Å². The molecule has 1 aliphatic rings. The molecule has 3 atom stereocenters. The summed E-state index contributed by atoms with van der Waals surface area (Å²) in [7, 11) is 0.752. The molecule has 1 amide bonds. The minimum atomic E-state index is -1.95. The molecule has 3 aromatic rings. The first-order valence-corrected chi connectivity index (χ1v) is 27.1. The van der Waals surface area contributed by atoms with E-state index in [2.05, 4.69) is 41.5 Å². The van der Waals surface area contributed by atoms with Crippen molar-refractivity contribution in [3.05, 3.63) is 93.8 Å². The average Bonchev–Trinajstić information content (AvgIpc) is 4.08. The van der Waals surface area contributed by atoms with Gasteiger partial charge in [-0.15, -0.1) is 5.10 Å². The van der Waals surface area contributed by atoms with E-state index in [9.17, 15) is 28.2 Å². The van der Waals surface area contributed by atoms with Crippen molar-refractivity contribution < 1.29 is 117 Å². The van der Waals surface area contributed by atoms with Crippen LogP contribution in [0.4, 0.5) is 18.9 Å². The number of carbonyl (C=O) groups excluding carboxylic acids is 2. The SMILES string of the molecule is COc1c(F)cc(F)cc1F.C[N-]C(=NCc1cccc(NC(=O)CCOCCOCCOCCOCc2cn(CCOCCOCCOCCOCCC=O)nn2)c1)/C(C=[N-])=C/NNC1CCC(COPCP(O)O)O1.[Y]. The quantitative estimate of drug-likeness (QED) is 0.0130. The fraction of sp³-hybridized carbons (Fsp3) is 0.583. The van der Waals surface area contributed by atoms with Crippen molar-refractivity contribution in [3.63, 3.8) is 0 Å². The summed E-state index contributed by atoms with van der Waals surface area (Å²) in [5.74, 6) is -3.24. The number of ether oxygens (including phenoxy) is 10. The van der Waals surface area contributed by atoms with E-state index in [4.69, 9.17) is 56.9 Å². The number of aldehydes is 1. The Labute approximate surface area is 481 Å². The largest absolute Gasteiger partial charge is 0.810 e. The number of amidine groups is 1. The van der Waals surface area contributed by atoms with Crippen LogP contribution in [-0.2, 0) is 109 Å². The smallest absolute Gasteiger partial charge is 0.226 e. The Hall–Kier alpha value is -3.57. The number of nitrogens with one attached hydrogen (secondary N) is 3. The van der Waals surface area contributed by atoms with Crippen molar-refractivity contribution in [3.8, 4) is 5.75 Å². The predicted molar refractivity (Wildman–Crippen MR) is 281 cm³/mol. The summed E-state index contributed by atoms with van der Waals surface area (Å²) in [6, 6.07) is 8.42. The van der Waals surface area contributed by atoms with Gasteiger partial charge in [0.15, 0.2) is 25.8 Å². The fourth-order valence-corrected chi connectivity index (χ4v) is 7.41. The number of aliphatic imine (C=N–C) groups is 1. The number of halogens is 3. The van der Waals surface area contributed by atoms with E-state index >= 15 is 0 Å². The molecule has 0 saturated carbocycles. The van der Waals surface area contributed by atoms with Gasteiger partial charge in [0, 0.05) is 72.0 Å². The summed E-state index contributed by atoms with van der Waals surface area (Å²) in [4.78, 5) is 45.3. The van der Waals surface area contributed by atoms with Crippen molar-refractivity contribution in [2.75, 3.05) is 131 Å². The van der Waals surface area contributed by atoms with Crippen LogP contribution < -0.4 is 20.9 Å². The molecule has 1 fully saturated rings. The van der Waals surface area contributed by atoms with E-state index in [1.165, 1.54) is 6.20 Å². The van der Waals surface area contributed by atoms with E-state index < -0.39 is 31.6 Å². The molecule has 3 unspecified atom stereocenters.